The Morgan fingerprint density at radius 2 is 2.00 bits per heavy atom. The first-order valence-corrected chi connectivity index (χ1v) is 6.34. The van der Waals surface area contributed by atoms with Crippen molar-refractivity contribution in [3.05, 3.63) is 69.6 Å². The van der Waals surface area contributed by atoms with Gasteiger partial charge in [-0.05, 0) is 36.2 Å². The summed E-state index contributed by atoms with van der Waals surface area (Å²) in [6.07, 6.45) is 1.17. The van der Waals surface area contributed by atoms with Gasteiger partial charge in [0.05, 0.1) is 12.6 Å². The first kappa shape index (κ1) is 14.4. The zero-order valence-corrected chi connectivity index (χ0v) is 11.0. The second-order valence-electron chi connectivity index (χ2n) is 4.57. The van der Waals surface area contributed by atoms with Gasteiger partial charge >= 0.3 is 0 Å². The van der Waals surface area contributed by atoms with Crippen LogP contribution < -0.4 is 5.56 Å². The fourth-order valence-corrected chi connectivity index (χ4v) is 1.99. The zero-order chi connectivity index (χ0) is 14.7. The molecule has 0 aliphatic rings. The minimum absolute atomic E-state index is 0.125. The van der Waals surface area contributed by atoms with Crippen LogP contribution in [0, 0.1) is 11.6 Å². The summed E-state index contributed by atoms with van der Waals surface area (Å²) in [6.45, 7) is 1.90. The van der Waals surface area contributed by atoms with Gasteiger partial charge in [0.1, 0.15) is 0 Å². The minimum Gasteiger partial charge on any atom is -0.388 e. The molecule has 0 fully saturated rings. The van der Waals surface area contributed by atoms with Crippen molar-refractivity contribution in [3.63, 3.8) is 0 Å². The van der Waals surface area contributed by atoms with Crippen LogP contribution in [0.3, 0.4) is 0 Å². The molecule has 106 valence electrons. The molecule has 0 bridgehead atoms. The van der Waals surface area contributed by atoms with E-state index in [0.717, 1.165) is 12.1 Å². The van der Waals surface area contributed by atoms with E-state index in [2.05, 4.69) is 0 Å². The number of nitrogens with zero attached hydrogens (tertiary/aromatic N) is 1. The molecule has 0 amide bonds. The SMILES string of the molecule is CCC(O)c1cccn(Cc2ccc(F)c(F)c2)c1=O. The zero-order valence-electron chi connectivity index (χ0n) is 11.0. The highest BCUT2D eigenvalue weighted by Gasteiger charge is 2.11. The van der Waals surface area contributed by atoms with Crippen molar-refractivity contribution < 1.29 is 13.9 Å². The summed E-state index contributed by atoms with van der Waals surface area (Å²) in [6, 6.07) is 6.73. The normalized spacial score (nSPS) is 12.4. The van der Waals surface area contributed by atoms with E-state index in [1.54, 1.807) is 25.3 Å². The van der Waals surface area contributed by atoms with Gasteiger partial charge in [-0.15, -0.1) is 0 Å². The number of pyridine rings is 1. The van der Waals surface area contributed by atoms with Gasteiger partial charge < -0.3 is 9.67 Å². The summed E-state index contributed by atoms with van der Waals surface area (Å²) >= 11 is 0. The third-order valence-corrected chi connectivity index (χ3v) is 3.13. The lowest BCUT2D eigenvalue weighted by Crippen LogP contribution is -2.25. The summed E-state index contributed by atoms with van der Waals surface area (Å²) in [4.78, 5) is 12.2. The lowest BCUT2D eigenvalue weighted by atomic mass is 10.1. The molecule has 0 saturated heterocycles. The summed E-state index contributed by atoms with van der Waals surface area (Å²) in [5.41, 5.74) is 0.457. The standard InChI is InChI=1S/C15H15F2NO2/c1-2-14(19)11-4-3-7-18(15(11)20)9-10-5-6-12(16)13(17)8-10/h3-8,14,19H,2,9H2,1H3. The van der Waals surface area contributed by atoms with Crippen molar-refractivity contribution in [1.29, 1.82) is 0 Å². The maximum Gasteiger partial charge on any atom is 0.256 e. The molecule has 0 saturated carbocycles. The molecule has 5 heteroatoms. The Kier molecular flexibility index (Phi) is 4.29. The number of benzene rings is 1. The molecule has 2 aromatic rings. The van der Waals surface area contributed by atoms with Crippen LogP contribution in [0.5, 0.6) is 0 Å². The number of aliphatic hydroxyl groups excluding tert-OH is 1. The van der Waals surface area contributed by atoms with Crippen LogP contribution in [0.15, 0.2) is 41.3 Å². The Balaban J connectivity index is 2.34. The molecule has 1 unspecified atom stereocenters. The van der Waals surface area contributed by atoms with E-state index in [0.29, 0.717) is 17.5 Å². The lowest BCUT2D eigenvalue weighted by molar-refractivity contribution is 0.171. The lowest BCUT2D eigenvalue weighted by Gasteiger charge is -2.11. The van der Waals surface area contributed by atoms with Gasteiger partial charge in [0.25, 0.3) is 5.56 Å². The van der Waals surface area contributed by atoms with Crippen LogP contribution in [0.25, 0.3) is 0 Å². The first-order valence-electron chi connectivity index (χ1n) is 6.34. The highest BCUT2D eigenvalue weighted by atomic mass is 19.2. The van der Waals surface area contributed by atoms with Crippen molar-refractivity contribution in [2.24, 2.45) is 0 Å². The molecule has 1 aromatic carbocycles. The molecule has 0 spiro atoms. The van der Waals surface area contributed by atoms with Crippen molar-refractivity contribution in [2.75, 3.05) is 0 Å². The topological polar surface area (TPSA) is 42.2 Å². The van der Waals surface area contributed by atoms with Gasteiger partial charge in [0, 0.05) is 11.8 Å². The second-order valence-corrected chi connectivity index (χ2v) is 4.57. The van der Waals surface area contributed by atoms with Crippen LogP contribution in [0.2, 0.25) is 0 Å². The van der Waals surface area contributed by atoms with E-state index < -0.39 is 17.7 Å². The highest BCUT2D eigenvalue weighted by Crippen LogP contribution is 2.13. The van der Waals surface area contributed by atoms with Crippen LogP contribution in [0.4, 0.5) is 8.78 Å². The molecule has 0 aliphatic carbocycles. The largest absolute Gasteiger partial charge is 0.388 e. The van der Waals surface area contributed by atoms with Crippen molar-refractivity contribution in [2.45, 2.75) is 26.0 Å². The van der Waals surface area contributed by atoms with E-state index in [-0.39, 0.29) is 12.1 Å². The maximum absolute atomic E-state index is 13.1. The first-order chi connectivity index (χ1) is 9.52. The molecular formula is C15H15F2NO2. The van der Waals surface area contributed by atoms with Gasteiger partial charge in [-0.1, -0.05) is 13.0 Å². The van der Waals surface area contributed by atoms with E-state index >= 15 is 0 Å². The maximum atomic E-state index is 13.1. The number of hydrogen-bond donors (Lipinski definition) is 1. The van der Waals surface area contributed by atoms with Crippen LogP contribution in [-0.4, -0.2) is 9.67 Å². The summed E-state index contributed by atoms with van der Waals surface area (Å²) in [5, 5.41) is 9.76. The number of aliphatic hydroxyl groups is 1. The minimum atomic E-state index is -0.944. The molecule has 1 aromatic heterocycles. The molecule has 3 nitrogen and oxygen atoms in total. The fraction of sp³-hybridized carbons (Fsp3) is 0.267. The second kappa shape index (κ2) is 5.96. The molecule has 1 atom stereocenters. The fourth-order valence-electron chi connectivity index (χ4n) is 1.99. The van der Waals surface area contributed by atoms with Crippen LogP contribution in [0.1, 0.15) is 30.6 Å². The average molecular weight is 279 g/mol. The molecule has 0 aliphatic heterocycles. The van der Waals surface area contributed by atoms with Crippen LogP contribution in [-0.2, 0) is 6.54 Å². The Morgan fingerprint density at radius 1 is 1.25 bits per heavy atom. The van der Waals surface area contributed by atoms with E-state index in [1.807, 2.05) is 0 Å². The summed E-state index contributed by atoms with van der Waals surface area (Å²) < 4.78 is 27.4. The third-order valence-electron chi connectivity index (χ3n) is 3.13. The molecule has 1 heterocycles. The highest BCUT2D eigenvalue weighted by molar-refractivity contribution is 5.20. The Bertz CT molecular complexity index is 667. The van der Waals surface area contributed by atoms with Crippen molar-refractivity contribution in [3.8, 4) is 0 Å². The van der Waals surface area contributed by atoms with Gasteiger partial charge in [0.2, 0.25) is 0 Å². The van der Waals surface area contributed by atoms with Gasteiger partial charge in [0.15, 0.2) is 11.6 Å². The predicted octanol–water partition coefficient (Wildman–Crippen LogP) is 2.62. The van der Waals surface area contributed by atoms with E-state index in [4.69, 9.17) is 0 Å². The van der Waals surface area contributed by atoms with Crippen molar-refractivity contribution in [1.82, 2.24) is 4.57 Å². The number of hydrogen-bond acceptors (Lipinski definition) is 2. The Labute approximate surface area is 115 Å². The number of halogens is 2. The van der Waals surface area contributed by atoms with Gasteiger partial charge in [-0.2, -0.15) is 0 Å². The quantitative estimate of drug-likeness (QED) is 0.934. The van der Waals surface area contributed by atoms with E-state index in [1.165, 1.54) is 10.6 Å². The molecule has 2 rings (SSSR count). The van der Waals surface area contributed by atoms with Gasteiger partial charge in [-0.3, -0.25) is 4.79 Å². The summed E-state index contributed by atoms with van der Waals surface area (Å²) in [7, 11) is 0. The smallest absolute Gasteiger partial charge is 0.256 e. The summed E-state index contributed by atoms with van der Waals surface area (Å²) in [5.74, 6) is -1.86. The number of aromatic nitrogens is 1. The third kappa shape index (κ3) is 2.93. The molecule has 1 N–H and O–H groups in total. The Morgan fingerprint density at radius 3 is 2.65 bits per heavy atom. The average Bonchev–Trinajstić information content (AvgIpc) is 2.44. The van der Waals surface area contributed by atoms with Crippen LogP contribution >= 0.6 is 0 Å². The van der Waals surface area contributed by atoms with E-state index in [9.17, 15) is 18.7 Å². The Hall–Kier alpha value is -2.01. The number of rotatable bonds is 4. The molecule has 0 radical (unpaired) electrons. The molecular weight excluding hydrogens is 264 g/mol. The van der Waals surface area contributed by atoms with Crippen molar-refractivity contribution >= 4 is 0 Å². The monoisotopic (exact) mass is 279 g/mol. The van der Waals surface area contributed by atoms with Gasteiger partial charge in [-0.25, -0.2) is 8.78 Å². The molecule has 20 heavy (non-hydrogen) atoms. The predicted molar refractivity (Wildman–Crippen MR) is 71.4 cm³/mol.